The van der Waals surface area contributed by atoms with E-state index >= 15 is 0 Å². The molecule has 1 aromatic heterocycles. The Labute approximate surface area is 99.6 Å². The second kappa shape index (κ2) is 4.71. The second-order valence-electron chi connectivity index (χ2n) is 4.47. The molecule has 92 valence electrons. The summed E-state index contributed by atoms with van der Waals surface area (Å²) in [7, 11) is 1.71. The summed E-state index contributed by atoms with van der Waals surface area (Å²) in [5.41, 5.74) is 5.51. The molecule has 1 unspecified atom stereocenters. The van der Waals surface area contributed by atoms with Crippen molar-refractivity contribution in [3.05, 3.63) is 34.2 Å². The fourth-order valence-corrected chi connectivity index (χ4v) is 2.08. The molecule has 2 rings (SSSR count). The van der Waals surface area contributed by atoms with E-state index in [1.807, 2.05) is 0 Å². The number of likely N-dealkylation sites (N-methyl/N-ethyl adjacent to an activating group) is 1. The van der Waals surface area contributed by atoms with Crippen LogP contribution in [0.4, 0.5) is 0 Å². The fraction of sp³-hybridized carbons (Fsp3) is 0.500. The molecule has 1 amide bonds. The van der Waals surface area contributed by atoms with Crippen molar-refractivity contribution in [2.75, 3.05) is 13.6 Å². The first-order valence-electron chi connectivity index (χ1n) is 5.80. The molecule has 1 aliphatic rings. The number of carbonyl (C=O) groups is 1. The summed E-state index contributed by atoms with van der Waals surface area (Å²) in [6.45, 7) is 0.442. The lowest BCUT2D eigenvalue weighted by Crippen LogP contribution is -2.44. The highest BCUT2D eigenvalue weighted by Crippen LogP contribution is 2.34. The molecule has 5 heteroatoms. The van der Waals surface area contributed by atoms with Gasteiger partial charge in [-0.15, -0.1) is 0 Å². The lowest BCUT2D eigenvalue weighted by Gasteiger charge is -2.26. The van der Waals surface area contributed by atoms with Crippen molar-refractivity contribution in [3.63, 3.8) is 0 Å². The molecule has 0 spiro atoms. The summed E-state index contributed by atoms with van der Waals surface area (Å²) < 4.78 is 0. The average Bonchev–Trinajstić information content (AvgIpc) is 3.14. The molecular formula is C12H17N3O2. The van der Waals surface area contributed by atoms with Gasteiger partial charge >= 0.3 is 0 Å². The summed E-state index contributed by atoms with van der Waals surface area (Å²) >= 11 is 0. The van der Waals surface area contributed by atoms with Gasteiger partial charge in [0, 0.05) is 25.8 Å². The topological polar surface area (TPSA) is 79.2 Å². The van der Waals surface area contributed by atoms with Gasteiger partial charge in [0.2, 0.25) is 0 Å². The molecule has 0 radical (unpaired) electrons. The van der Waals surface area contributed by atoms with Gasteiger partial charge in [0.25, 0.3) is 11.5 Å². The van der Waals surface area contributed by atoms with Crippen LogP contribution in [0.1, 0.15) is 23.2 Å². The first kappa shape index (κ1) is 11.9. The van der Waals surface area contributed by atoms with Gasteiger partial charge in [-0.1, -0.05) is 0 Å². The molecule has 1 fully saturated rings. The minimum atomic E-state index is -0.351. The zero-order chi connectivity index (χ0) is 12.4. The smallest absolute Gasteiger partial charge is 0.260 e. The van der Waals surface area contributed by atoms with Crippen LogP contribution in [-0.4, -0.2) is 35.4 Å². The number of pyridine rings is 1. The monoisotopic (exact) mass is 235 g/mol. The van der Waals surface area contributed by atoms with Crippen molar-refractivity contribution in [1.29, 1.82) is 0 Å². The van der Waals surface area contributed by atoms with Crippen molar-refractivity contribution in [1.82, 2.24) is 9.88 Å². The minimum Gasteiger partial charge on any atom is -0.337 e. The largest absolute Gasteiger partial charge is 0.337 e. The number of amides is 1. The Bertz CT molecular complexity index is 465. The van der Waals surface area contributed by atoms with Crippen LogP contribution in [0.25, 0.3) is 0 Å². The van der Waals surface area contributed by atoms with E-state index in [1.165, 1.54) is 12.3 Å². The van der Waals surface area contributed by atoms with Gasteiger partial charge in [0.05, 0.1) is 0 Å². The Balaban J connectivity index is 2.19. The van der Waals surface area contributed by atoms with E-state index in [-0.39, 0.29) is 23.1 Å². The summed E-state index contributed by atoms with van der Waals surface area (Å²) in [5.74, 6) is 0.242. The van der Waals surface area contributed by atoms with Gasteiger partial charge in [-0.05, 0) is 30.9 Å². The Kier molecular flexibility index (Phi) is 3.28. The van der Waals surface area contributed by atoms with Gasteiger partial charge in [-0.25, -0.2) is 0 Å². The molecule has 1 aliphatic carbocycles. The van der Waals surface area contributed by atoms with E-state index in [0.29, 0.717) is 12.5 Å². The molecule has 0 aromatic carbocycles. The van der Waals surface area contributed by atoms with E-state index < -0.39 is 0 Å². The fourth-order valence-electron chi connectivity index (χ4n) is 2.08. The van der Waals surface area contributed by atoms with E-state index in [2.05, 4.69) is 4.98 Å². The first-order chi connectivity index (χ1) is 8.15. The van der Waals surface area contributed by atoms with E-state index in [0.717, 1.165) is 12.8 Å². The normalized spacial score (nSPS) is 16.6. The van der Waals surface area contributed by atoms with Gasteiger partial charge in [0.1, 0.15) is 5.56 Å². The number of nitrogens with one attached hydrogen (secondary N) is 1. The number of nitrogens with two attached hydrogens (primary N) is 1. The molecule has 0 saturated heterocycles. The van der Waals surface area contributed by atoms with Crippen LogP contribution >= 0.6 is 0 Å². The van der Waals surface area contributed by atoms with Crippen LogP contribution in [0, 0.1) is 5.92 Å². The Morgan fingerprint density at radius 2 is 2.35 bits per heavy atom. The number of hydrogen-bond donors (Lipinski definition) is 2. The summed E-state index contributed by atoms with van der Waals surface area (Å²) in [4.78, 5) is 27.8. The average molecular weight is 235 g/mol. The van der Waals surface area contributed by atoms with Crippen molar-refractivity contribution in [3.8, 4) is 0 Å². The lowest BCUT2D eigenvalue weighted by atomic mass is 10.1. The van der Waals surface area contributed by atoms with Crippen LogP contribution in [0.5, 0.6) is 0 Å². The maximum Gasteiger partial charge on any atom is 0.260 e. The maximum absolute atomic E-state index is 12.1. The molecule has 0 bridgehead atoms. The quantitative estimate of drug-likeness (QED) is 0.781. The van der Waals surface area contributed by atoms with E-state index in [1.54, 1.807) is 18.0 Å². The minimum absolute atomic E-state index is 0.0436. The SMILES string of the molecule is CN(C(=O)c1ccc[nH]c1=O)C(CN)C1CC1. The van der Waals surface area contributed by atoms with Crippen LogP contribution < -0.4 is 11.3 Å². The maximum atomic E-state index is 12.1. The van der Waals surface area contributed by atoms with Crippen LogP contribution in [0.3, 0.4) is 0 Å². The number of hydrogen-bond acceptors (Lipinski definition) is 3. The van der Waals surface area contributed by atoms with Gasteiger partial charge in [-0.2, -0.15) is 0 Å². The number of aromatic amines is 1. The molecule has 5 nitrogen and oxygen atoms in total. The number of carbonyl (C=O) groups excluding carboxylic acids is 1. The predicted molar refractivity (Wildman–Crippen MR) is 64.7 cm³/mol. The summed E-state index contributed by atoms with van der Waals surface area (Å²) in [5, 5.41) is 0. The molecule has 0 aliphatic heterocycles. The highest BCUT2D eigenvalue weighted by atomic mass is 16.2. The third kappa shape index (κ3) is 2.39. The highest BCUT2D eigenvalue weighted by molar-refractivity contribution is 5.93. The van der Waals surface area contributed by atoms with Gasteiger partial charge in [-0.3, -0.25) is 9.59 Å². The van der Waals surface area contributed by atoms with Crippen molar-refractivity contribution in [2.24, 2.45) is 11.7 Å². The zero-order valence-corrected chi connectivity index (χ0v) is 9.85. The molecule has 1 aromatic rings. The third-order valence-electron chi connectivity index (χ3n) is 3.27. The molecule has 17 heavy (non-hydrogen) atoms. The zero-order valence-electron chi connectivity index (χ0n) is 9.85. The highest BCUT2D eigenvalue weighted by Gasteiger charge is 2.35. The number of H-pyrrole nitrogens is 1. The van der Waals surface area contributed by atoms with Crippen LogP contribution in [0.2, 0.25) is 0 Å². The molecular weight excluding hydrogens is 218 g/mol. The Morgan fingerprint density at radius 3 is 2.88 bits per heavy atom. The summed E-state index contributed by atoms with van der Waals surface area (Å²) in [6.07, 6.45) is 3.75. The van der Waals surface area contributed by atoms with Crippen LogP contribution in [0.15, 0.2) is 23.1 Å². The predicted octanol–water partition coefficient (Wildman–Crippen LogP) is 0.184. The molecule has 1 heterocycles. The van der Waals surface area contributed by atoms with Crippen molar-refractivity contribution < 1.29 is 4.79 Å². The number of aromatic nitrogens is 1. The van der Waals surface area contributed by atoms with E-state index in [4.69, 9.17) is 5.73 Å². The molecule has 1 saturated carbocycles. The first-order valence-corrected chi connectivity index (χ1v) is 5.80. The van der Waals surface area contributed by atoms with Crippen LogP contribution in [-0.2, 0) is 0 Å². The Hall–Kier alpha value is -1.62. The van der Waals surface area contributed by atoms with Gasteiger partial charge in [0.15, 0.2) is 0 Å². The van der Waals surface area contributed by atoms with E-state index in [9.17, 15) is 9.59 Å². The number of rotatable bonds is 4. The second-order valence-corrected chi connectivity index (χ2v) is 4.47. The third-order valence-corrected chi connectivity index (χ3v) is 3.27. The Morgan fingerprint density at radius 1 is 1.65 bits per heavy atom. The van der Waals surface area contributed by atoms with Crippen molar-refractivity contribution >= 4 is 5.91 Å². The molecule has 1 atom stereocenters. The standard InChI is InChI=1S/C12H17N3O2/c1-15(10(7-13)8-4-5-8)12(17)9-3-2-6-14-11(9)16/h2-3,6,8,10H,4-5,7,13H2,1H3,(H,14,16). The lowest BCUT2D eigenvalue weighted by molar-refractivity contribution is 0.0717. The molecule has 3 N–H and O–H groups in total. The van der Waals surface area contributed by atoms with Crippen molar-refractivity contribution in [2.45, 2.75) is 18.9 Å². The van der Waals surface area contributed by atoms with Gasteiger partial charge < -0.3 is 15.6 Å². The summed E-state index contributed by atoms with van der Waals surface area (Å²) in [6, 6.07) is 3.23. The number of nitrogens with zero attached hydrogens (tertiary/aromatic N) is 1.